The van der Waals surface area contributed by atoms with Crippen LogP contribution in [0.3, 0.4) is 0 Å². The molecule has 0 atom stereocenters. The van der Waals surface area contributed by atoms with Crippen molar-refractivity contribution in [2.24, 2.45) is 0 Å². The Labute approximate surface area is 197 Å². The second-order valence-electron chi connectivity index (χ2n) is 6.09. The molecule has 3 rings (SSSR count). The van der Waals surface area contributed by atoms with Crippen molar-refractivity contribution in [1.29, 1.82) is 5.26 Å². The molecule has 0 saturated heterocycles. The average molecular weight is 581 g/mol. The summed E-state index contributed by atoms with van der Waals surface area (Å²) in [4.78, 5) is 0. The third-order valence-electron chi connectivity index (χ3n) is 4.17. The van der Waals surface area contributed by atoms with E-state index < -0.39 is 0 Å². The van der Waals surface area contributed by atoms with Crippen LogP contribution in [0.25, 0.3) is 11.6 Å². The molecule has 0 saturated carbocycles. The first-order valence-corrected chi connectivity index (χ1v) is 10.9. The maximum absolute atomic E-state index is 9.60. The van der Waals surface area contributed by atoms with E-state index in [0.29, 0.717) is 28.7 Å². The fourth-order valence-electron chi connectivity index (χ4n) is 2.70. The van der Waals surface area contributed by atoms with Gasteiger partial charge in [0.15, 0.2) is 11.5 Å². The molecule has 6 heteroatoms. The molecule has 0 heterocycles. The summed E-state index contributed by atoms with van der Waals surface area (Å²) in [5, 5.41) is 10.3. The molecule has 0 radical (unpaired) electrons. The van der Waals surface area contributed by atoms with Crippen LogP contribution in [-0.4, -0.2) is 7.11 Å². The summed E-state index contributed by atoms with van der Waals surface area (Å²) in [6.07, 6.45) is 1.84. The smallest absolute Gasteiger partial charge is 0.174 e. The van der Waals surface area contributed by atoms with Crippen molar-refractivity contribution in [3.63, 3.8) is 0 Å². The zero-order chi connectivity index (χ0) is 20.8. The lowest BCUT2D eigenvalue weighted by Gasteiger charge is -2.14. The summed E-state index contributed by atoms with van der Waals surface area (Å²) in [6.45, 7) is 0.337. The predicted molar refractivity (Wildman–Crippen MR) is 129 cm³/mol. The molecule has 0 bridgehead atoms. The Kier molecular flexibility index (Phi) is 7.59. The predicted octanol–water partition coefficient (Wildman–Crippen LogP) is 7.36. The zero-order valence-electron chi connectivity index (χ0n) is 15.5. The van der Waals surface area contributed by atoms with Crippen LogP contribution in [0.1, 0.15) is 16.7 Å². The third-order valence-corrected chi connectivity index (χ3v) is 5.87. The summed E-state index contributed by atoms with van der Waals surface area (Å²) in [6, 6.07) is 21.3. The third kappa shape index (κ3) is 5.53. The molecule has 0 amide bonds. The molecule has 0 aliphatic rings. The highest BCUT2D eigenvalue weighted by atomic mass is 127. The van der Waals surface area contributed by atoms with Crippen molar-refractivity contribution in [3.8, 4) is 17.6 Å². The van der Waals surface area contributed by atoms with E-state index >= 15 is 0 Å². The van der Waals surface area contributed by atoms with Gasteiger partial charge in [-0.2, -0.15) is 5.26 Å². The summed E-state index contributed by atoms with van der Waals surface area (Å²) < 4.78 is 13.4. The summed E-state index contributed by atoms with van der Waals surface area (Å²) in [7, 11) is 1.60. The molecule has 0 aliphatic carbocycles. The number of hydrogen-bond acceptors (Lipinski definition) is 3. The minimum atomic E-state index is 0.337. The lowest BCUT2D eigenvalue weighted by atomic mass is 10.0. The van der Waals surface area contributed by atoms with Gasteiger partial charge in [-0.25, -0.2) is 0 Å². The highest BCUT2D eigenvalue weighted by Gasteiger charge is 2.13. The van der Waals surface area contributed by atoms with E-state index in [4.69, 9.17) is 21.1 Å². The molecule has 0 unspecified atom stereocenters. The van der Waals surface area contributed by atoms with Crippen molar-refractivity contribution < 1.29 is 9.47 Å². The van der Waals surface area contributed by atoms with Gasteiger partial charge in [0, 0.05) is 15.1 Å². The Bertz CT molecular complexity index is 1090. The van der Waals surface area contributed by atoms with Gasteiger partial charge in [0.05, 0.1) is 22.3 Å². The summed E-state index contributed by atoms with van der Waals surface area (Å²) >= 11 is 11.8. The molecule has 3 aromatic rings. The number of halogens is 3. The maximum atomic E-state index is 9.60. The first-order chi connectivity index (χ1) is 14.0. The van der Waals surface area contributed by atoms with E-state index in [1.165, 1.54) is 0 Å². The number of hydrogen-bond donors (Lipinski definition) is 0. The van der Waals surface area contributed by atoms with Crippen molar-refractivity contribution in [2.45, 2.75) is 6.61 Å². The van der Waals surface area contributed by atoms with E-state index in [1.807, 2.05) is 66.7 Å². The van der Waals surface area contributed by atoms with E-state index in [9.17, 15) is 5.26 Å². The van der Waals surface area contributed by atoms with Crippen molar-refractivity contribution >= 4 is 61.8 Å². The van der Waals surface area contributed by atoms with Gasteiger partial charge in [-0.05, 0) is 70.1 Å². The maximum Gasteiger partial charge on any atom is 0.174 e. The molecule has 29 heavy (non-hydrogen) atoms. The van der Waals surface area contributed by atoms with Gasteiger partial charge >= 0.3 is 0 Å². The molecule has 0 N–H and O–H groups in total. The quantitative estimate of drug-likeness (QED) is 0.174. The number of ether oxygens (including phenoxy) is 2. The first-order valence-electron chi connectivity index (χ1n) is 8.63. The minimum absolute atomic E-state index is 0.337. The molecule has 146 valence electrons. The molecule has 0 fully saturated rings. The van der Waals surface area contributed by atoms with Crippen LogP contribution in [0.2, 0.25) is 5.02 Å². The van der Waals surface area contributed by atoms with Crippen molar-refractivity contribution in [3.05, 3.63) is 90.4 Å². The molecule has 3 nitrogen and oxygen atoms in total. The minimum Gasteiger partial charge on any atom is -0.493 e. The van der Waals surface area contributed by atoms with Crippen LogP contribution in [-0.2, 0) is 6.61 Å². The molecule has 0 aromatic heterocycles. The topological polar surface area (TPSA) is 42.2 Å². The fourth-order valence-corrected chi connectivity index (χ4v) is 3.94. The number of nitrogens with zero attached hydrogens (tertiary/aromatic N) is 1. The van der Waals surface area contributed by atoms with E-state index in [0.717, 1.165) is 24.7 Å². The number of rotatable bonds is 6. The van der Waals surface area contributed by atoms with E-state index in [2.05, 4.69) is 44.6 Å². The number of nitriles is 1. The Morgan fingerprint density at radius 1 is 1.17 bits per heavy atom. The second-order valence-corrected chi connectivity index (χ2v) is 8.58. The summed E-state index contributed by atoms with van der Waals surface area (Å²) in [5.74, 6) is 1.25. The highest BCUT2D eigenvalue weighted by Crippen LogP contribution is 2.36. The highest BCUT2D eigenvalue weighted by molar-refractivity contribution is 14.1. The molecule has 3 aromatic carbocycles. The van der Waals surface area contributed by atoms with E-state index in [-0.39, 0.29) is 0 Å². The van der Waals surface area contributed by atoms with Gasteiger partial charge in [0.1, 0.15) is 6.61 Å². The van der Waals surface area contributed by atoms with Gasteiger partial charge in [0.2, 0.25) is 0 Å². The van der Waals surface area contributed by atoms with Crippen LogP contribution < -0.4 is 9.47 Å². The van der Waals surface area contributed by atoms with Gasteiger partial charge in [-0.15, -0.1) is 0 Å². The van der Waals surface area contributed by atoms with Crippen LogP contribution in [0.5, 0.6) is 11.5 Å². The summed E-state index contributed by atoms with van der Waals surface area (Å²) in [5.41, 5.74) is 3.18. The molecule has 0 spiro atoms. The Morgan fingerprint density at radius 3 is 2.55 bits per heavy atom. The number of benzene rings is 3. The second kappa shape index (κ2) is 10.1. The Morgan fingerprint density at radius 2 is 1.90 bits per heavy atom. The van der Waals surface area contributed by atoms with Gasteiger partial charge < -0.3 is 9.47 Å². The Hall–Kier alpha value is -2.01. The lowest BCUT2D eigenvalue weighted by Crippen LogP contribution is -2.00. The first kappa shape index (κ1) is 21.7. The van der Waals surface area contributed by atoms with Gasteiger partial charge in [0.25, 0.3) is 0 Å². The largest absolute Gasteiger partial charge is 0.493 e. The van der Waals surface area contributed by atoms with Crippen LogP contribution >= 0.6 is 50.1 Å². The molecular formula is C23H16BrClINO2. The SMILES string of the molecule is COc1cc(C=C(C#N)c2ccc(Br)cc2)cc(I)c1OCc1ccccc1Cl. The van der Waals surface area contributed by atoms with Gasteiger partial charge in [-0.1, -0.05) is 57.9 Å². The van der Waals surface area contributed by atoms with Crippen molar-refractivity contribution in [2.75, 3.05) is 7.11 Å². The number of methoxy groups -OCH3 is 1. The molecular weight excluding hydrogens is 565 g/mol. The normalized spacial score (nSPS) is 11.1. The fraction of sp³-hybridized carbons (Fsp3) is 0.0870. The lowest BCUT2D eigenvalue weighted by molar-refractivity contribution is 0.282. The standard InChI is InChI=1S/C23H16BrClINO2/c1-28-22-12-15(10-18(13-27)16-6-8-19(24)9-7-16)11-21(26)23(22)29-14-17-4-2-3-5-20(17)25/h2-12H,14H2,1H3. The monoisotopic (exact) mass is 579 g/mol. The van der Waals surface area contributed by atoms with Crippen LogP contribution in [0.4, 0.5) is 0 Å². The van der Waals surface area contributed by atoms with Gasteiger partial charge in [-0.3, -0.25) is 0 Å². The van der Waals surface area contributed by atoms with Crippen molar-refractivity contribution in [1.82, 2.24) is 0 Å². The zero-order valence-corrected chi connectivity index (χ0v) is 20.0. The van der Waals surface area contributed by atoms with Crippen LogP contribution in [0, 0.1) is 14.9 Å². The van der Waals surface area contributed by atoms with E-state index in [1.54, 1.807) is 7.11 Å². The number of allylic oxidation sites excluding steroid dienone is 1. The molecule has 0 aliphatic heterocycles. The van der Waals surface area contributed by atoms with Crippen LogP contribution in [0.15, 0.2) is 65.1 Å². The average Bonchev–Trinajstić information content (AvgIpc) is 2.72. The Balaban J connectivity index is 1.90.